The van der Waals surface area contributed by atoms with E-state index in [1.807, 2.05) is 6.08 Å². The molecule has 1 saturated heterocycles. The SMILES string of the molecule is CC(=CC(C)N1CCN(C)CC1)C(N)=O. The molecule has 0 aromatic heterocycles. The van der Waals surface area contributed by atoms with Gasteiger partial charge in [0, 0.05) is 37.8 Å². The molecule has 4 nitrogen and oxygen atoms in total. The molecule has 0 bridgehead atoms. The molecule has 0 aromatic rings. The number of likely N-dealkylation sites (N-methyl/N-ethyl adjacent to an activating group) is 1. The lowest BCUT2D eigenvalue weighted by Crippen LogP contribution is -2.47. The molecule has 0 aliphatic carbocycles. The van der Waals surface area contributed by atoms with Crippen molar-refractivity contribution in [3.63, 3.8) is 0 Å². The van der Waals surface area contributed by atoms with Crippen molar-refractivity contribution in [3.05, 3.63) is 11.6 Å². The van der Waals surface area contributed by atoms with E-state index in [0.717, 1.165) is 26.2 Å². The Morgan fingerprint density at radius 1 is 1.33 bits per heavy atom. The van der Waals surface area contributed by atoms with Gasteiger partial charge >= 0.3 is 0 Å². The summed E-state index contributed by atoms with van der Waals surface area (Å²) in [6.07, 6.45) is 1.95. The van der Waals surface area contributed by atoms with Gasteiger partial charge in [-0.15, -0.1) is 0 Å². The lowest BCUT2D eigenvalue weighted by molar-refractivity contribution is -0.114. The maximum atomic E-state index is 10.9. The van der Waals surface area contributed by atoms with Crippen LogP contribution in [0.5, 0.6) is 0 Å². The minimum absolute atomic E-state index is 0.297. The minimum Gasteiger partial charge on any atom is -0.366 e. The predicted octanol–water partition coefficient (Wildman–Crippen LogP) is 0.0539. The molecule has 1 amide bonds. The highest BCUT2D eigenvalue weighted by molar-refractivity contribution is 5.91. The van der Waals surface area contributed by atoms with Crippen molar-refractivity contribution < 1.29 is 4.79 Å². The summed E-state index contributed by atoms with van der Waals surface area (Å²) in [4.78, 5) is 15.6. The third-order valence-corrected chi connectivity index (χ3v) is 2.99. The van der Waals surface area contributed by atoms with E-state index in [4.69, 9.17) is 5.73 Å². The first kappa shape index (κ1) is 12.2. The van der Waals surface area contributed by atoms with Crippen molar-refractivity contribution in [3.8, 4) is 0 Å². The van der Waals surface area contributed by atoms with E-state index in [2.05, 4.69) is 23.8 Å². The van der Waals surface area contributed by atoms with E-state index in [9.17, 15) is 4.79 Å². The zero-order valence-electron chi connectivity index (χ0n) is 9.86. The van der Waals surface area contributed by atoms with Crippen molar-refractivity contribution in [2.75, 3.05) is 33.2 Å². The molecule has 1 aliphatic rings. The number of amides is 1. The zero-order valence-corrected chi connectivity index (χ0v) is 9.86. The monoisotopic (exact) mass is 211 g/mol. The van der Waals surface area contributed by atoms with Crippen LogP contribution in [0.3, 0.4) is 0 Å². The Balaban J connectivity index is 2.50. The number of piperazine rings is 1. The fourth-order valence-electron chi connectivity index (χ4n) is 1.78. The number of rotatable bonds is 3. The van der Waals surface area contributed by atoms with Gasteiger partial charge in [-0.1, -0.05) is 6.08 Å². The Labute approximate surface area is 91.7 Å². The van der Waals surface area contributed by atoms with E-state index >= 15 is 0 Å². The molecular weight excluding hydrogens is 190 g/mol. The Kier molecular flexibility index (Phi) is 4.29. The van der Waals surface area contributed by atoms with Gasteiger partial charge in [0.2, 0.25) is 5.91 Å². The highest BCUT2D eigenvalue weighted by Crippen LogP contribution is 2.07. The highest BCUT2D eigenvalue weighted by atomic mass is 16.1. The summed E-state index contributed by atoms with van der Waals surface area (Å²) in [7, 11) is 2.13. The fraction of sp³-hybridized carbons (Fsp3) is 0.727. The zero-order chi connectivity index (χ0) is 11.4. The molecule has 1 aliphatic heterocycles. The van der Waals surface area contributed by atoms with Gasteiger partial charge in [0.25, 0.3) is 0 Å². The summed E-state index contributed by atoms with van der Waals surface area (Å²) in [5.41, 5.74) is 5.86. The van der Waals surface area contributed by atoms with Gasteiger partial charge in [-0.05, 0) is 20.9 Å². The first-order chi connectivity index (χ1) is 7.00. The number of hydrogen-bond acceptors (Lipinski definition) is 3. The molecule has 1 rings (SSSR count). The van der Waals surface area contributed by atoms with Crippen LogP contribution in [-0.2, 0) is 4.79 Å². The molecule has 0 radical (unpaired) electrons. The highest BCUT2D eigenvalue weighted by Gasteiger charge is 2.17. The van der Waals surface area contributed by atoms with E-state index < -0.39 is 0 Å². The summed E-state index contributed by atoms with van der Waals surface area (Å²) in [5.74, 6) is -0.323. The van der Waals surface area contributed by atoms with E-state index in [-0.39, 0.29) is 5.91 Å². The minimum atomic E-state index is -0.323. The summed E-state index contributed by atoms with van der Waals surface area (Å²) >= 11 is 0. The molecule has 1 fully saturated rings. The first-order valence-corrected chi connectivity index (χ1v) is 5.41. The second-order valence-corrected chi connectivity index (χ2v) is 4.29. The van der Waals surface area contributed by atoms with Crippen molar-refractivity contribution in [2.24, 2.45) is 5.73 Å². The number of primary amides is 1. The second-order valence-electron chi connectivity index (χ2n) is 4.29. The van der Waals surface area contributed by atoms with Gasteiger partial charge in [-0.25, -0.2) is 0 Å². The lowest BCUT2D eigenvalue weighted by Gasteiger charge is -2.35. The van der Waals surface area contributed by atoms with Crippen LogP contribution in [0, 0.1) is 0 Å². The van der Waals surface area contributed by atoms with Crippen molar-refractivity contribution in [1.29, 1.82) is 0 Å². The van der Waals surface area contributed by atoms with Crippen LogP contribution < -0.4 is 5.73 Å². The molecule has 4 heteroatoms. The number of carbonyl (C=O) groups is 1. The van der Waals surface area contributed by atoms with E-state index in [0.29, 0.717) is 11.6 Å². The Morgan fingerprint density at radius 3 is 2.33 bits per heavy atom. The van der Waals surface area contributed by atoms with Crippen LogP contribution in [0.25, 0.3) is 0 Å². The van der Waals surface area contributed by atoms with Crippen LogP contribution in [0.2, 0.25) is 0 Å². The van der Waals surface area contributed by atoms with Crippen LogP contribution in [0.4, 0.5) is 0 Å². The third kappa shape index (κ3) is 3.64. The molecule has 0 spiro atoms. The van der Waals surface area contributed by atoms with Crippen molar-refractivity contribution in [2.45, 2.75) is 19.9 Å². The molecule has 86 valence electrons. The van der Waals surface area contributed by atoms with Gasteiger partial charge in [0.15, 0.2) is 0 Å². The summed E-state index contributed by atoms with van der Waals surface area (Å²) in [6.45, 7) is 8.18. The maximum Gasteiger partial charge on any atom is 0.244 e. The second kappa shape index (κ2) is 5.28. The summed E-state index contributed by atoms with van der Waals surface area (Å²) in [5, 5.41) is 0. The molecule has 1 unspecified atom stereocenters. The summed E-state index contributed by atoms with van der Waals surface area (Å²) < 4.78 is 0. The average Bonchev–Trinajstić information content (AvgIpc) is 2.18. The third-order valence-electron chi connectivity index (χ3n) is 2.99. The van der Waals surface area contributed by atoms with Gasteiger partial charge in [0.1, 0.15) is 0 Å². The predicted molar refractivity (Wildman–Crippen MR) is 61.5 cm³/mol. The van der Waals surface area contributed by atoms with Crippen LogP contribution >= 0.6 is 0 Å². The number of hydrogen-bond donors (Lipinski definition) is 1. The molecule has 1 atom stereocenters. The molecule has 0 aromatic carbocycles. The molecule has 2 N–H and O–H groups in total. The fourth-order valence-corrected chi connectivity index (χ4v) is 1.78. The number of nitrogens with two attached hydrogens (primary N) is 1. The standard InChI is InChI=1S/C11H21N3O/c1-9(11(12)15)8-10(2)14-6-4-13(3)5-7-14/h8,10H,4-7H2,1-3H3,(H2,12,15). The lowest BCUT2D eigenvalue weighted by atomic mass is 10.1. The van der Waals surface area contributed by atoms with Gasteiger partial charge < -0.3 is 10.6 Å². The van der Waals surface area contributed by atoms with Gasteiger partial charge in [-0.2, -0.15) is 0 Å². The average molecular weight is 211 g/mol. The molecule has 0 saturated carbocycles. The van der Waals surface area contributed by atoms with Gasteiger partial charge in [0.05, 0.1) is 0 Å². The van der Waals surface area contributed by atoms with Crippen LogP contribution in [0.1, 0.15) is 13.8 Å². The maximum absolute atomic E-state index is 10.9. The van der Waals surface area contributed by atoms with E-state index in [1.165, 1.54) is 0 Å². The normalized spacial score (nSPS) is 22.7. The van der Waals surface area contributed by atoms with Crippen LogP contribution in [-0.4, -0.2) is 55.0 Å². The number of carbonyl (C=O) groups excluding carboxylic acids is 1. The summed E-state index contributed by atoms with van der Waals surface area (Å²) in [6, 6.07) is 0.297. The molecule has 15 heavy (non-hydrogen) atoms. The van der Waals surface area contributed by atoms with Crippen molar-refractivity contribution >= 4 is 5.91 Å². The van der Waals surface area contributed by atoms with Gasteiger partial charge in [-0.3, -0.25) is 9.69 Å². The quantitative estimate of drug-likeness (QED) is 0.671. The van der Waals surface area contributed by atoms with Crippen molar-refractivity contribution in [1.82, 2.24) is 9.80 Å². The Hall–Kier alpha value is -0.870. The van der Waals surface area contributed by atoms with E-state index in [1.54, 1.807) is 6.92 Å². The topological polar surface area (TPSA) is 49.6 Å². The molecule has 1 heterocycles. The number of nitrogens with zero attached hydrogens (tertiary/aromatic N) is 2. The largest absolute Gasteiger partial charge is 0.366 e. The Bertz CT molecular complexity index is 255. The first-order valence-electron chi connectivity index (χ1n) is 5.41. The molecular formula is C11H21N3O. The smallest absolute Gasteiger partial charge is 0.244 e. The Morgan fingerprint density at radius 2 is 1.87 bits per heavy atom. The van der Waals surface area contributed by atoms with Crippen LogP contribution in [0.15, 0.2) is 11.6 Å².